The predicted octanol–water partition coefficient (Wildman–Crippen LogP) is 1.87. The van der Waals surface area contributed by atoms with Gasteiger partial charge in [-0.2, -0.15) is 28.6 Å². The van der Waals surface area contributed by atoms with Gasteiger partial charge in [-0.15, -0.1) is 0 Å². The summed E-state index contributed by atoms with van der Waals surface area (Å²) >= 11 is 3.89. The van der Waals surface area contributed by atoms with Crippen molar-refractivity contribution in [2.45, 2.75) is 25.1 Å². The van der Waals surface area contributed by atoms with Gasteiger partial charge in [0.15, 0.2) is 0 Å². The normalized spacial score (nSPS) is 21.0. The number of hydrogen-bond donors (Lipinski definition) is 1. The van der Waals surface area contributed by atoms with Crippen molar-refractivity contribution in [1.29, 1.82) is 0 Å². The van der Waals surface area contributed by atoms with E-state index in [4.69, 9.17) is 0 Å². The van der Waals surface area contributed by atoms with Crippen LogP contribution in [0.4, 0.5) is 0 Å². The molecule has 0 bridgehead atoms. The molecule has 0 spiro atoms. The van der Waals surface area contributed by atoms with Gasteiger partial charge in [0, 0.05) is 54.4 Å². The van der Waals surface area contributed by atoms with Crippen LogP contribution in [0.2, 0.25) is 0 Å². The van der Waals surface area contributed by atoms with Crippen LogP contribution in [0, 0.1) is 5.92 Å². The summed E-state index contributed by atoms with van der Waals surface area (Å²) < 4.78 is 1.91. The molecule has 1 N–H and O–H groups in total. The Morgan fingerprint density at radius 2 is 2.47 bits per heavy atom. The fraction of sp³-hybridized carbons (Fsp3) is 0.692. The molecule has 2 atom stereocenters. The molecular formula is C13H21N3OS2. The number of nitrogens with one attached hydrogen (secondary N) is 1. The van der Waals surface area contributed by atoms with Crippen LogP contribution in [0.25, 0.3) is 0 Å². The number of rotatable bonds is 6. The lowest BCUT2D eigenvalue weighted by Gasteiger charge is -2.20. The molecule has 4 nitrogen and oxygen atoms in total. The van der Waals surface area contributed by atoms with E-state index >= 15 is 0 Å². The van der Waals surface area contributed by atoms with Crippen molar-refractivity contribution >= 4 is 29.4 Å². The van der Waals surface area contributed by atoms with Crippen molar-refractivity contribution in [3.8, 4) is 0 Å². The Labute approximate surface area is 123 Å². The first kappa shape index (κ1) is 14.8. The van der Waals surface area contributed by atoms with Crippen LogP contribution in [-0.4, -0.2) is 44.7 Å². The smallest absolute Gasteiger partial charge is 0.221 e. The molecule has 106 valence electrons. The van der Waals surface area contributed by atoms with Gasteiger partial charge in [-0.05, 0) is 12.0 Å². The van der Waals surface area contributed by atoms with Crippen molar-refractivity contribution in [2.24, 2.45) is 5.92 Å². The molecule has 1 amide bonds. The summed E-state index contributed by atoms with van der Waals surface area (Å²) in [6.45, 7) is 3.71. The van der Waals surface area contributed by atoms with Gasteiger partial charge >= 0.3 is 0 Å². The Morgan fingerprint density at radius 1 is 1.58 bits per heavy atom. The third-order valence-electron chi connectivity index (χ3n) is 3.00. The maximum absolute atomic E-state index is 11.9. The fourth-order valence-electron chi connectivity index (χ4n) is 2.01. The second-order valence-electron chi connectivity index (χ2n) is 4.91. The molecule has 1 aromatic rings. The van der Waals surface area contributed by atoms with Crippen LogP contribution in [0.3, 0.4) is 0 Å². The summed E-state index contributed by atoms with van der Waals surface area (Å²) in [5, 5.41) is 7.71. The quantitative estimate of drug-likeness (QED) is 0.871. The third kappa shape index (κ3) is 5.48. The Hall–Kier alpha value is -0.620. The highest BCUT2D eigenvalue weighted by Crippen LogP contribution is 2.26. The van der Waals surface area contributed by atoms with Crippen molar-refractivity contribution < 1.29 is 4.79 Å². The number of thioether (sulfide) groups is 2. The SMILES string of the molecule is C[C@@H](CNC(=O)C[C@@H]1CSCCS1)Cn1cccn1. The van der Waals surface area contributed by atoms with Gasteiger partial charge in [0.1, 0.15) is 0 Å². The molecule has 0 radical (unpaired) electrons. The fourth-order valence-corrected chi connectivity index (χ4v) is 4.69. The van der Waals surface area contributed by atoms with E-state index < -0.39 is 0 Å². The molecule has 2 rings (SSSR count). The van der Waals surface area contributed by atoms with E-state index in [1.54, 1.807) is 6.20 Å². The summed E-state index contributed by atoms with van der Waals surface area (Å²) in [5.74, 6) is 4.10. The van der Waals surface area contributed by atoms with Gasteiger partial charge < -0.3 is 5.32 Å². The number of aromatic nitrogens is 2. The lowest BCUT2D eigenvalue weighted by molar-refractivity contribution is -0.121. The maximum Gasteiger partial charge on any atom is 0.221 e. The minimum Gasteiger partial charge on any atom is -0.356 e. The first-order chi connectivity index (χ1) is 9.24. The van der Waals surface area contributed by atoms with Crippen LogP contribution in [-0.2, 0) is 11.3 Å². The lowest BCUT2D eigenvalue weighted by Crippen LogP contribution is -2.32. The topological polar surface area (TPSA) is 46.9 Å². The van der Waals surface area contributed by atoms with Crippen LogP contribution >= 0.6 is 23.5 Å². The average Bonchev–Trinajstić information content (AvgIpc) is 2.90. The average molecular weight is 299 g/mol. The van der Waals surface area contributed by atoms with Crippen molar-refractivity contribution in [3.63, 3.8) is 0 Å². The Bertz CT molecular complexity index is 377. The number of nitrogens with zero attached hydrogens (tertiary/aromatic N) is 2. The van der Waals surface area contributed by atoms with Crippen LogP contribution in [0.15, 0.2) is 18.5 Å². The van der Waals surface area contributed by atoms with Gasteiger partial charge in [0.2, 0.25) is 5.91 Å². The van der Waals surface area contributed by atoms with E-state index in [1.165, 1.54) is 11.5 Å². The Kier molecular flexibility index (Phi) is 6.10. The highest BCUT2D eigenvalue weighted by atomic mass is 32.2. The zero-order valence-electron chi connectivity index (χ0n) is 11.2. The molecule has 1 aliphatic heterocycles. The van der Waals surface area contributed by atoms with Gasteiger partial charge in [0.25, 0.3) is 0 Å². The lowest BCUT2D eigenvalue weighted by atomic mass is 10.2. The summed E-state index contributed by atoms with van der Waals surface area (Å²) in [4.78, 5) is 11.9. The van der Waals surface area contributed by atoms with Gasteiger partial charge in [-0.25, -0.2) is 0 Å². The van der Waals surface area contributed by atoms with Gasteiger partial charge in [0.05, 0.1) is 0 Å². The minimum atomic E-state index is 0.187. The summed E-state index contributed by atoms with van der Waals surface area (Å²) in [6.07, 6.45) is 4.39. The minimum absolute atomic E-state index is 0.187. The van der Waals surface area contributed by atoms with Crippen molar-refractivity contribution in [1.82, 2.24) is 15.1 Å². The Balaban J connectivity index is 1.62. The van der Waals surface area contributed by atoms with Crippen molar-refractivity contribution in [2.75, 3.05) is 23.8 Å². The van der Waals surface area contributed by atoms with E-state index in [2.05, 4.69) is 17.3 Å². The molecule has 1 aromatic heterocycles. The van der Waals surface area contributed by atoms with E-state index in [-0.39, 0.29) is 5.91 Å². The number of carbonyl (C=O) groups is 1. The molecule has 6 heteroatoms. The number of carbonyl (C=O) groups excluding carboxylic acids is 1. The van der Waals surface area contributed by atoms with Crippen LogP contribution < -0.4 is 5.32 Å². The first-order valence-corrected chi connectivity index (χ1v) is 8.88. The zero-order chi connectivity index (χ0) is 13.5. The van der Waals surface area contributed by atoms with E-state index in [0.717, 1.165) is 18.8 Å². The zero-order valence-corrected chi connectivity index (χ0v) is 12.9. The molecule has 1 saturated heterocycles. The Morgan fingerprint density at radius 3 is 3.16 bits per heavy atom. The largest absolute Gasteiger partial charge is 0.356 e. The summed E-state index contributed by atoms with van der Waals surface area (Å²) in [7, 11) is 0. The first-order valence-electron chi connectivity index (χ1n) is 6.67. The summed E-state index contributed by atoms with van der Waals surface area (Å²) in [6, 6.07) is 1.92. The second kappa shape index (κ2) is 7.85. The highest BCUT2D eigenvalue weighted by Gasteiger charge is 2.18. The van der Waals surface area contributed by atoms with Crippen LogP contribution in [0.5, 0.6) is 0 Å². The molecular weight excluding hydrogens is 278 g/mol. The molecule has 0 unspecified atom stereocenters. The third-order valence-corrected chi connectivity index (χ3v) is 5.85. The monoisotopic (exact) mass is 299 g/mol. The van der Waals surface area contributed by atoms with E-state index in [1.807, 2.05) is 40.5 Å². The van der Waals surface area contributed by atoms with E-state index in [9.17, 15) is 4.79 Å². The molecule has 2 heterocycles. The van der Waals surface area contributed by atoms with Crippen molar-refractivity contribution in [3.05, 3.63) is 18.5 Å². The predicted molar refractivity (Wildman–Crippen MR) is 82.6 cm³/mol. The van der Waals surface area contributed by atoms with Gasteiger partial charge in [-0.3, -0.25) is 9.48 Å². The molecule has 0 aliphatic carbocycles. The molecule has 19 heavy (non-hydrogen) atoms. The van der Waals surface area contributed by atoms with Gasteiger partial charge in [-0.1, -0.05) is 6.92 Å². The second-order valence-corrected chi connectivity index (χ2v) is 7.47. The maximum atomic E-state index is 11.9. The van der Waals surface area contributed by atoms with Crippen LogP contribution in [0.1, 0.15) is 13.3 Å². The number of amides is 1. The molecule has 1 aliphatic rings. The summed E-state index contributed by atoms with van der Waals surface area (Å²) in [5.41, 5.74) is 0. The standard InChI is InChI=1S/C13H21N3OS2/c1-11(9-16-4-2-3-15-16)8-14-13(17)7-12-10-18-5-6-19-12/h2-4,11-12H,5-10H2,1H3,(H,14,17)/t11-,12+/m0/s1. The molecule has 1 fully saturated rings. The number of hydrogen-bond acceptors (Lipinski definition) is 4. The molecule has 0 saturated carbocycles. The molecule has 0 aromatic carbocycles. The van der Waals surface area contributed by atoms with E-state index in [0.29, 0.717) is 17.6 Å². The highest BCUT2D eigenvalue weighted by molar-refractivity contribution is 8.06.